The van der Waals surface area contributed by atoms with Gasteiger partial charge in [0.05, 0.1) is 0 Å². The predicted octanol–water partition coefficient (Wildman–Crippen LogP) is 3.16. The van der Waals surface area contributed by atoms with E-state index in [2.05, 4.69) is 9.80 Å². The average Bonchev–Trinajstić information content (AvgIpc) is 2.78. The average molecular weight is 353 g/mol. The number of β-amino-alcohol motifs (C(OH)–C–C–N with tert-alkyl or cyclic N) is 1. The molecule has 1 aromatic carbocycles. The molecule has 0 unspecified atom stereocenters. The van der Waals surface area contributed by atoms with Gasteiger partial charge in [-0.25, -0.2) is 0 Å². The summed E-state index contributed by atoms with van der Waals surface area (Å²) in [4.78, 5) is 4.75. The molecule has 2 heterocycles. The van der Waals surface area contributed by atoms with E-state index in [1.165, 1.54) is 32.1 Å². The van der Waals surface area contributed by atoms with Gasteiger partial charge in [-0.15, -0.1) is 0 Å². The highest BCUT2D eigenvalue weighted by atomic mass is 35.5. The lowest BCUT2D eigenvalue weighted by Crippen LogP contribution is -2.37. The number of rotatable bonds is 7. The van der Waals surface area contributed by atoms with Crippen LogP contribution in [-0.4, -0.2) is 60.3 Å². The Morgan fingerprint density at radius 1 is 1.00 bits per heavy atom. The Morgan fingerprint density at radius 2 is 1.71 bits per heavy atom. The number of benzene rings is 1. The predicted molar refractivity (Wildman–Crippen MR) is 97.8 cm³/mol. The van der Waals surface area contributed by atoms with Gasteiger partial charge in [0.15, 0.2) is 0 Å². The summed E-state index contributed by atoms with van der Waals surface area (Å²) in [6, 6.07) is 5.77. The van der Waals surface area contributed by atoms with E-state index in [0.717, 1.165) is 49.1 Å². The quantitative estimate of drug-likeness (QED) is 0.817. The van der Waals surface area contributed by atoms with Crippen molar-refractivity contribution in [2.24, 2.45) is 0 Å². The topological polar surface area (TPSA) is 35.9 Å². The molecular weight excluding hydrogens is 324 g/mol. The first kappa shape index (κ1) is 18.0. The molecule has 0 aliphatic carbocycles. The highest BCUT2D eigenvalue weighted by molar-refractivity contribution is 6.30. The summed E-state index contributed by atoms with van der Waals surface area (Å²) in [6.07, 6.45) is 5.93. The third kappa shape index (κ3) is 5.35. The van der Waals surface area contributed by atoms with E-state index in [1.54, 1.807) is 0 Å². The molecule has 0 spiro atoms. The number of halogens is 1. The fourth-order valence-corrected chi connectivity index (χ4v) is 3.64. The van der Waals surface area contributed by atoms with Crippen LogP contribution >= 0.6 is 11.6 Å². The lowest BCUT2D eigenvalue weighted by atomic mass is 10.1. The van der Waals surface area contributed by atoms with Gasteiger partial charge in [-0.3, -0.25) is 4.90 Å². The van der Waals surface area contributed by atoms with E-state index >= 15 is 0 Å². The summed E-state index contributed by atoms with van der Waals surface area (Å²) >= 11 is 6.14. The fraction of sp³-hybridized carbons (Fsp3) is 0.684. The van der Waals surface area contributed by atoms with Gasteiger partial charge in [-0.1, -0.05) is 24.4 Å². The van der Waals surface area contributed by atoms with Crippen LogP contribution in [0.5, 0.6) is 5.75 Å². The summed E-state index contributed by atoms with van der Waals surface area (Å²) in [5, 5.41) is 11.1. The summed E-state index contributed by atoms with van der Waals surface area (Å²) in [5.74, 6) is 0.848. The Morgan fingerprint density at radius 3 is 2.38 bits per heavy atom. The second kappa shape index (κ2) is 9.04. The van der Waals surface area contributed by atoms with Crippen LogP contribution in [0.3, 0.4) is 0 Å². The van der Waals surface area contributed by atoms with Crippen molar-refractivity contribution in [2.45, 2.75) is 44.8 Å². The molecule has 4 nitrogen and oxygen atoms in total. The van der Waals surface area contributed by atoms with Gasteiger partial charge in [0.1, 0.15) is 18.5 Å². The second-order valence-electron chi connectivity index (χ2n) is 7.06. The Labute approximate surface area is 150 Å². The van der Waals surface area contributed by atoms with Crippen molar-refractivity contribution in [3.05, 3.63) is 28.8 Å². The maximum absolute atomic E-state index is 10.3. The second-order valence-corrected chi connectivity index (χ2v) is 7.50. The zero-order chi connectivity index (χ0) is 16.8. The van der Waals surface area contributed by atoms with Crippen molar-refractivity contribution >= 4 is 11.6 Å². The number of hydrogen-bond acceptors (Lipinski definition) is 4. The van der Waals surface area contributed by atoms with Gasteiger partial charge in [0.25, 0.3) is 0 Å². The lowest BCUT2D eigenvalue weighted by Gasteiger charge is -2.31. The monoisotopic (exact) mass is 352 g/mol. The minimum absolute atomic E-state index is 0.338. The molecule has 1 aromatic rings. The first-order valence-corrected chi connectivity index (χ1v) is 9.62. The fourth-order valence-electron chi connectivity index (χ4n) is 3.45. The maximum atomic E-state index is 10.3. The van der Waals surface area contributed by atoms with E-state index in [0.29, 0.717) is 13.2 Å². The number of hydrogen-bond donors (Lipinski definition) is 1. The molecule has 0 saturated carbocycles. The van der Waals surface area contributed by atoms with Crippen LogP contribution in [0.4, 0.5) is 0 Å². The van der Waals surface area contributed by atoms with Crippen molar-refractivity contribution in [3.63, 3.8) is 0 Å². The maximum Gasteiger partial charge on any atom is 0.124 e. The number of aliphatic hydroxyl groups excluding tert-OH is 1. The number of likely N-dealkylation sites (tertiary alicyclic amines) is 2. The van der Waals surface area contributed by atoms with E-state index in [1.807, 2.05) is 18.2 Å². The van der Waals surface area contributed by atoms with Crippen molar-refractivity contribution in [3.8, 4) is 5.75 Å². The molecule has 134 valence electrons. The molecular formula is C19H29ClN2O2. The first-order valence-electron chi connectivity index (χ1n) is 9.25. The Kier molecular flexibility index (Phi) is 6.78. The Hall–Kier alpha value is -0.810. The molecule has 0 aromatic heterocycles. The standard InChI is InChI=1S/C19H29ClN2O2/c20-17-6-7-19(16(12-17)13-21-10-5-11-21)24-15-18(23)14-22-8-3-1-2-4-9-22/h6-7,12,18,23H,1-5,8-11,13-15H2/t18-/m1/s1. The first-order chi connectivity index (χ1) is 11.7. The van der Waals surface area contributed by atoms with Gasteiger partial charge in [-0.05, 0) is 63.6 Å². The van der Waals surface area contributed by atoms with Crippen molar-refractivity contribution in [1.29, 1.82) is 0 Å². The molecule has 0 radical (unpaired) electrons. The van der Waals surface area contributed by atoms with Crippen LogP contribution < -0.4 is 4.74 Å². The van der Waals surface area contributed by atoms with Crippen molar-refractivity contribution < 1.29 is 9.84 Å². The molecule has 3 rings (SSSR count). The summed E-state index contributed by atoms with van der Waals surface area (Å²) < 4.78 is 5.93. The van der Waals surface area contributed by atoms with Gasteiger partial charge < -0.3 is 14.7 Å². The Bertz CT molecular complexity index is 514. The van der Waals surface area contributed by atoms with E-state index in [-0.39, 0.29) is 0 Å². The minimum Gasteiger partial charge on any atom is -0.491 e. The molecule has 2 fully saturated rings. The highest BCUT2D eigenvalue weighted by Crippen LogP contribution is 2.26. The van der Waals surface area contributed by atoms with Gasteiger partial charge >= 0.3 is 0 Å². The molecule has 1 atom stereocenters. The van der Waals surface area contributed by atoms with Crippen LogP contribution in [0.1, 0.15) is 37.7 Å². The zero-order valence-electron chi connectivity index (χ0n) is 14.4. The molecule has 24 heavy (non-hydrogen) atoms. The molecule has 5 heteroatoms. The van der Waals surface area contributed by atoms with Gasteiger partial charge in [0, 0.05) is 23.7 Å². The highest BCUT2D eigenvalue weighted by Gasteiger charge is 2.18. The lowest BCUT2D eigenvalue weighted by molar-refractivity contribution is 0.0683. The smallest absolute Gasteiger partial charge is 0.124 e. The van der Waals surface area contributed by atoms with Crippen LogP contribution in [0.25, 0.3) is 0 Å². The number of aliphatic hydroxyl groups is 1. The molecule has 2 aliphatic rings. The molecule has 0 amide bonds. The van der Waals surface area contributed by atoms with Crippen LogP contribution in [0.2, 0.25) is 5.02 Å². The number of nitrogens with zero attached hydrogens (tertiary/aromatic N) is 2. The SMILES string of the molecule is O[C@@H](COc1ccc(Cl)cc1CN1CCC1)CN1CCCCCC1. The van der Waals surface area contributed by atoms with E-state index in [9.17, 15) is 5.11 Å². The van der Waals surface area contributed by atoms with Crippen molar-refractivity contribution in [2.75, 3.05) is 39.3 Å². The van der Waals surface area contributed by atoms with E-state index < -0.39 is 6.10 Å². The minimum atomic E-state index is -0.448. The van der Waals surface area contributed by atoms with Crippen LogP contribution in [0.15, 0.2) is 18.2 Å². The van der Waals surface area contributed by atoms with Gasteiger partial charge in [0.2, 0.25) is 0 Å². The Balaban J connectivity index is 1.51. The summed E-state index contributed by atoms with van der Waals surface area (Å²) in [7, 11) is 0. The van der Waals surface area contributed by atoms with Gasteiger partial charge in [-0.2, -0.15) is 0 Å². The van der Waals surface area contributed by atoms with Crippen LogP contribution in [0, 0.1) is 0 Å². The van der Waals surface area contributed by atoms with Crippen molar-refractivity contribution in [1.82, 2.24) is 9.80 Å². The molecule has 2 aliphatic heterocycles. The third-order valence-corrected chi connectivity index (χ3v) is 5.20. The zero-order valence-corrected chi connectivity index (χ0v) is 15.2. The van der Waals surface area contributed by atoms with E-state index in [4.69, 9.17) is 16.3 Å². The largest absolute Gasteiger partial charge is 0.491 e. The summed E-state index contributed by atoms with van der Waals surface area (Å²) in [5.41, 5.74) is 1.11. The molecule has 1 N–H and O–H groups in total. The van der Waals surface area contributed by atoms with Crippen LogP contribution in [-0.2, 0) is 6.54 Å². The molecule has 0 bridgehead atoms. The number of ether oxygens (including phenoxy) is 1. The molecule has 2 saturated heterocycles. The third-order valence-electron chi connectivity index (χ3n) is 4.96. The summed E-state index contributed by atoms with van der Waals surface area (Å²) in [6.45, 7) is 6.39. The normalized spacial score (nSPS) is 21.1.